The van der Waals surface area contributed by atoms with E-state index in [1.165, 1.54) is 32.1 Å². The van der Waals surface area contributed by atoms with E-state index in [1.54, 1.807) is 0 Å². The highest BCUT2D eigenvalue weighted by molar-refractivity contribution is 6.71. The zero-order valence-corrected chi connectivity index (χ0v) is 18.6. The number of aromatic nitrogens is 3. The Morgan fingerprint density at radius 3 is 2.56 bits per heavy atom. The maximum absolute atomic E-state index is 10.9. The van der Waals surface area contributed by atoms with Gasteiger partial charge < -0.3 is 14.6 Å². The van der Waals surface area contributed by atoms with Crippen LogP contribution in [0.15, 0.2) is 6.20 Å². The fourth-order valence-electron chi connectivity index (χ4n) is 4.57. The molecule has 0 aromatic carbocycles. The van der Waals surface area contributed by atoms with Gasteiger partial charge in [-0.15, -0.1) is 5.10 Å². The summed E-state index contributed by atoms with van der Waals surface area (Å²) in [5, 5.41) is 17.2. The van der Waals surface area contributed by atoms with Crippen molar-refractivity contribution in [1.29, 1.82) is 0 Å². The minimum Gasteiger partial charge on any atom is -0.432 e. The standard InChI is InChI=1S/C20H39N3O3Si/c1-5-6-7-8-9-10-18-16(2)20(27(3,4)25)19(26-18)11-13-23-15-17(12-14-24)21-22-23/h15-16,18-20,24-25H,5-14H2,1-4H3/t16-,18+,19-,20+/m1/s1. The van der Waals surface area contributed by atoms with Crippen LogP contribution in [-0.4, -0.2) is 52.0 Å². The van der Waals surface area contributed by atoms with Crippen LogP contribution in [-0.2, 0) is 17.7 Å². The van der Waals surface area contributed by atoms with Gasteiger partial charge in [0.2, 0.25) is 0 Å². The predicted molar refractivity (Wildman–Crippen MR) is 110 cm³/mol. The third kappa shape index (κ3) is 6.66. The van der Waals surface area contributed by atoms with Crippen LogP contribution in [0.4, 0.5) is 0 Å². The number of hydrogen-bond donors (Lipinski definition) is 2. The zero-order chi connectivity index (χ0) is 19.9. The quantitative estimate of drug-likeness (QED) is 0.416. The first-order valence-electron chi connectivity index (χ1n) is 10.7. The number of rotatable bonds is 12. The lowest BCUT2D eigenvalue weighted by molar-refractivity contribution is 0.0229. The molecule has 0 unspecified atom stereocenters. The van der Waals surface area contributed by atoms with Crippen molar-refractivity contribution in [1.82, 2.24) is 15.0 Å². The van der Waals surface area contributed by atoms with Crippen molar-refractivity contribution >= 4 is 8.32 Å². The number of unbranched alkanes of at least 4 members (excludes halogenated alkanes) is 4. The Kier molecular flexibility index (Phi) is 8.92. The van der Waals surface area contributed by atoms with Crippen molar-refractivity contribution in [2.75, 3.05) is 6.61 Å². The third-order valence-electron chi connectivity index (χ3n) is 5.91. The summed E-state index contributed by atoms with van der Waals surface area (Å²) < 4.78 is 8.30. The van der Waals surface area contributed by atoms with Gasteiger partial charge in [0.25, 0.3) is 0 Å². The van der Waals surface area contributed by atoms with Gasteiger partial charge in [-0.3, -0.25) is 4.68 Å². The molecule has 2 rings (SSSR count). The summed E-state index contributed by atoms with van der Waals surface area (Å²) in [6.07, 6.45) is 11.1. The maximum Gasteiger partial charge on any atom is 0.188 e. The van der Waals surface area contributed by atoms with Crippen molar-refractivity contribution < 1.29 is 14.6 Å². The molecule has 1 aliphatic heterocycles. The van der Waals surface area contributed by atoms with Gasteiger partial charge >= 0.3 is 0 Å². The van der Waals surface area contributed by atoms with E-state index in [-0.39, 0.29) is 24.4 Å². The lowest BCUT2D eigenvalue weighted by Crippen LogP contribution is -2.40. The number of aryl methyl sites for hydroxylation is 1. The van der Waals surface area contributed by atoms with Gasteiger partial charge in [0.1, 0.15) is 0 Å². The Bertz CT molecular complexity index is 547. The molecule has 0 saturated carbocycles. The van der Waals surface area contributed by atoms with E-state index in [9.17, 15) is 4.80 Å². The van der Waals surface area contributed by atoms with Crippen LogP contribution in [0, 0.1) is 5.92 Å². The SMILES string of the molecule is CCCCCCC[C@@H]1O[C@H](CCn2cc(CCO)nn2)[C@@H]([Si](C)(C)O)[C@@H]1C. The molecule has 6 nitrogen and oxygen atoms in total. The van der Waals surface area contributed by atoms with Gasteiger partial charge in [0.05, 0.1) is 17.9 Å². The second-order valence-electron chi connectivity index (χ2n) is 8.69. The number of nitrogens with zero attached hydrogens (tertiary/aromatic N) is 3. The van der Waals surface area contributed by atoms with Gasteiger partial charge in [0, 0.05) is 31.3 Å². The normalized spacial score (nSPS) is 26.0. The highest BCUT2D eigenvalue weighted by Crippen LogP contribution is 2.45. The molecule has 7 heteroatoms. The van der Waals surface area contributed by atoms with Crippen LogP contribution in [0.1, 0.15) is 64.5 Å². The first kappa shape index (κ1) is 22.5. The highest BCUT2D eigenvalue weighted by Gasteiger charge is 2.49. The van der Waals surface area contributed by atoms with Gasteiger partial charge in [-0.25, -0.2) is 0 Å². The van der Waals surface area contributed by atoms with E-state index < -0.39 is 8.32 Å². The Labute approximate surface area is 165 Å². The molecule has 1 fully saturated rings. The molecule has 1 aromatic heterocycles. The van der Waals surface area contributed by atoms with Gasteiger partial charge in [0.15, 0.2) is 8.32 Å². The summed E-state index contributed by atoms with van der Waals surface area (Å²) in [6.45, 7) is 9.43. The summed E-state index contributed by atoms with van der Waals surface area (Å²) in [4.78, 5) is 10.9. The first-order valence-corrected chi connectivity index (χ1v) is 13.8. The van der Waals surface area contributed by atoms with Crippen molar-refractivity contribution in [3.8, 4) is 0 Å². The largest absolute Gasteiger partial charge is 0.432 e. The number of hydrogen-bond acceptors (Lipinski definition) is 5. The van der Waals surface area contributed by atoms with Crippen LogP contribution in [0.3, 0.4) is 0 Å². The molecular weight excluding hydrogens is 358 g/mol. The molecule has 156 valence electrons. The molecule has 0 spiro atoms. The molecule has 1 aliphatic rings. The fraction of sp³-hybridized carbons (Fsp3) is 0.900. The van der Waals surface area contributed by atoms with E-state index in [1.807, 2.05) is 24.0 Å². The Hall–Kier alpha value is -0.763. The minimum atomic E-state index is -2.30. The predicted octanol–water partition coefficient (Wildman–Crippen LogP) is 3.53. The van der Waals surface area contributed by atoms with Crippen LogP contribution in [0.2, 0.25) is 18.6 Å². The maximum atomic E-state index is 10.9. The topological polar surface area (TPSA) is 80.4 Å². The molecule has 0 bridgehead atoms. The second-order valence-corrected chi connectivity index (χ2v) is 12.7. The molecule has 1 aromatic rings. The first-order chi connectivity index (χ1) is 12.9. The zero-order valence-electron chi connectivity index (χ0n) is 17.6. The van der Waals surface area contributed by atoms with Gasteiger partial charge in [-0.05, 0) is 31.9 Å². The van der Waals surface area contributed by atoms with Crippen molar-refractivity contribution in [3.05, 3.63) is 11.9 Å². The van der Waals surface area contributed by atoms with E-state index in [2.05, 4.69) is 24.2 Å². The molecular formula is C20H39N3O3Si. The summed E-state index contributed by atoms with van der Waals surface area (Å²) in [5.41, 5.74) is 1.08. The molecule has 4 atom stereocenters. The Morgan fingerprint density at radius 2 is 1.89 bits per heavy atom. The molecule has 2 N–H and O–H groups in total. The number of ether oxygens (including phenoxy) is 1. The molecule has 0 radical (unpaired) electrons. The molecule has 0 amide bonds. The summed E-state index contributed by atoms with van der Waals surface area (Å²) in [6, 6.07) is 0. The lowest BCUT2D eigenvalue weighted by atomic mass is 9.95. The van der Waals surface area contributed by atoms with E-state index in [0.29, 0.717) is 12.3 Å². The minimum absolute atomic E-state index is 0.0915. The number of aliphatic hydroxyl groups is 1. The monoisotopic (exact) mass is 397 g/mol. The van der Waals surface area contributed by atoms with Crippen molar-refractivity contribution in [3.63, 3.8) is 0 Å². The van der Waals surface area contributed by atoms with Crippen molar-refractivity contribution in [2.24, 2.45) is 5.92 Å². The van der Waals surface area contributed by atoms with Gasteiger partial charge in [-0.2, -0.15) is 0 Å². The van der Waals surface area contributed by atoms with E-state index >= 15 is 0 Å². The number of aliphatic hydroxyl groups excluding tert-OH is 1. The average Bonchev–Trinajstić information content (AvgIpc) is 3.17. The van der Waals surface area contributed by atoms with Crippen molar-refractivity contribution in [2.45, 2.75) is 103 Å². The van der Waals surface area contributed by atoms with E-state index in [4.69, 9.17) is 9.84 Å². The van der Waals surface area contributed by atoms with Crippen LogP contribution in [0.5, 0.6) is 0 Å². The highest BCUT2D eigenvalue weighted by atomic mass is 28.4. The Balaban J connectivity index is 1.91. The Morgan fingerprint density at radius 1 is 1.15 bits per heavy atom. The molecule has 2 heterocycles. The van der Waals surface area contributed by atoms with E-state index in [0.717, 1.165) is 25.1 Å². The van der Waals surface area contributed by atoms with Crippen LogP contribution < -0.4 is 0 Å². The second kappa shape index (κ2) is 10.7. The summed E-state index contributed by atoms with van der Waals surface area (Å²) in [5.74, 6) is 0.411. The molecule has 1 saturated heterocycles. The van der Waals surface area contributed by atoms with Crippen LogP contribution in [0.25, 0.3) is 0 Å². The smallest absolute Gasteiger partial charge is 0.188 e. The molecule has 27 heavy (non-hydrogen) atoms. The summed E-state index contributed by atoms with van der Waals surface area (Å²) >= 11 is 0. The third-order valence-corrected chi connectivity index (χ3v) is 8.44. The van der Waals surface area contributed by atoms with Gasteiger partial charge in [-0.1, -0.05) is 51.2 Å². The summed E-state index contributed by atoms with van der Waals surface area (Å²) in [7, 11) is -2.30. The lowest BCUT2D eigenvalue weighted by Gasteiger charge is -2.30. The molecule has 0 aliphatic carbocycles. The fourth-order valence-corrected chi connectivity index (χ4v) is 7.22. The van der Waals surface area contributed by atoms with Crippen LogP contribution >= 0.6 is 0 Å². The average molecular weight is 398 g/mol.